The number of hydrogen-bond donors (Lipinski definition) is 0. The maximum atomic E-state index is 12.7. The third kappa shape index (κ3) is 3.38. The predicted octanol–water partition coefficient (Wildman–Crippen LogP) is 3.02. The Kier molecular flexibility index (Phi) is 4.57. The van der Waals surface area contributed by atoms with Gasteiger partial charge in [0.1, 0.15) is 12.7 Å². The molecule has 2 aromatic heterocycles. The summed E-state index contributed by atoms with van der Waals surface area (Å²) in [4.78, 5) is 20.8. The van der Waals surface area contributed by atoms with Crippen molar-refractivity contribution >= 4 is 17.2 Å². The molecule has 5 nitrogen and oxygen atoms in total. The third-order valence-corrected chi connectivity index (χ3v) is 5.07. The molecule has 1 atom stereocenters. The number of hydrogen-bond acceptors (Lipinski definition) is 4. The molecule has 1 unspecified atom stereocenters. The van der Waals surface area contributed by atoms with Crippen molar-refractivity contribution in [1.82, 2.24) is 19.7 Å². The first-order valence-electron chi connectivity index (χ1n) is 7.85. The molecule has 3 heterocycles. The van der Waals surface area contributed by atoms with Crippen LogP contribution in [-0.4, -0.2) is 38.7 Å². The van der Waals surface area contributed by atoms with Gasteiger partial charge in [0.2, 0.25) is 0 Å². The Balaban J connectivity index is 1.67. The lowest BCUT2D eigenvalue weighted by molar-refractivity contribution is 0.0677. The summed E-state index contributed by atoms with van der Waals surface area (Å²) in [5.74, 6) is 0.776. The lowest BCUT2D eigenvalue weighted by Crippen LogP contribution is -2.40. The van der Waals surface area contributed by atoms with E-state index >= 15 is 0 Å². The number of nitrogens with zero attached hydrogens (tertiary/aromatic N) is 4. The van der Waals surface area contributed by atoms with Gasteiger partial charge in [-0.25, -0.2) is 9.67 Å². The van der Waals surface area contributed by atoms with E-state index in [-0.39, 0.29) is 11.9 Å². The van der Waals surface area contributed by atoms with Crippen LogP contribution in [-0.2, 0) is 6.42 Å². The highest BCUT2D eigenvalue weighted by atomic mass is 32.1. The van der Waals surface area contributed by atoms with Crippen molar-refractivity contribution in [2.45, 2.75) is 39.2 Å². The Hall–Kier alpha value is -1.69. The number of thiophene rings is 1. The van der Waals surface area contributed by atoms with Crippen molar-refractivity contribution < 1.29 is 4.79 Å². The van der Waals surface area contributed by atoms with E-state index in [0.717, 1.165) is 37.2 Å². The van der Waals surface area contributed by atoms with Crippen LogP contribution < -0.4 is 0 Å². The second-order valence-electron chi connectivity index (χ2n) is 6.29. The van der Waals surface area contributed by atoms with Crippen LogP contribution in [0.1, 0.15) is 47.3 Å². The summed E-state index contributed by atoms with van der Waals surface area (Å²) in [6, 6.07) is 4.32. The summed E-state index contributed by atoms with van der Waals surface area (Å²) in [7, 11) is 0. The standard InChI is InChI=1S/C16H22N4OS/c1-12(2)8-14-5-6-15(22-14)16(21)19-7-3-4-13(9-19)20-11-17-10-18-20/h5-6,10-13H,3-4,7-9H2,1-2H3. The first-order valence-corrected chi connectivity index (χ1v) is 8.67. The molecule has 1 fully saturated rings. The van der Waals surface area contributed by atoms with Gasteiger partial charge in [-0.1, -0.05) is 13.8 Å². The normalized spacial score (nSPS) is 18.9. The van der Waals surface area contributed by atoms with Crippen molar-refractivity contribution in [3.8, 4) is 0 Å². The fourth-order valence-electron chi connectivity index (χ4n) is 2.92. The highest BCUT2D eigenvalue weighted by molar-refractivity contribution is 7.14. The van der Waals surface area contributed by atoms with Crippen molar-refractivity contribution in [2.24, 2.45) is 5.92 Å². The third-order valence-electron chi connectivity index (χ3n) is 3.98. The van der Waals surface area contributed by atoms with Gasteiger partial charge in [0.25, 0.3) is 5.91 Å². The van der Waals surface area contributed by atoms with Gasteiger partial charge in [0.15, 0.2) is 0 Å². The zero-order valence-corrected chi connectivity index (χ0v) is 13.9. The molecular formula is C16H22N4OS. The van der Waals surface area contributed by atoms with Crippen LogP contribution in [0.5, 0.6) is 0 Å². The molecule has 1 aliphatic heterocycles. The number of likely N-dealkylation sites (tertiary alicyclic amines) is 1. The molecule has 118 valence electrons. The van der Waals surface area contributed by atoms with Crippen LogP contribution in [0.4, 0.5) is 0 Å². The Labute approximate surface area is 135 Å². The summed E-state index contributed by atoms with van der Waals surface area (Å²) >= 11 is 1.64. The minimum atomic E-state index is 0.157. The second-order valence-corrected chi connectivity index (χ2v) is 7.45. The van der Waals surface area contributed by atoms with Crippen LogP contribution in [0.2, 0.25) is 0 Å². The molecule has 0 radical (unpaired) electrons. The van der Waals surface area contributed by atoms with E-state index in [1.54, 1.807) is 24.0 Å². The van der Waals surface area contributed by atoms with Crippen LogP contribution in [0.3, 0.4) is 0 Å². The zero-order chi connectivity index (χ0) is 15.5. The van der Waals surface area contributed by atoms with Gasteiger partial charge in [0.05, 0.1) is 10.9 Å². The molecule has 0 aromatic carbocycles. The maximum absolute atomic E-state index is 12.7. The quantitative estimate of drug-likeness (QED) is 0.871. The summed E-state index contributed by atoms with van der Waals surface area (Å²) in [6.07, 6.45) is 6.40. The topological polar surface area (TPSA) is 51.0 Å². The molecule has 3 rings (SSSR count). The predicted molar refractivity (Wildman–Crippen MR) is 87.1 cm³/mol. The summed E-state index contributed by atoms with van der Waals surface area (Å²) in [5.41, 5.74) is 0. The van der Waals surface area contributed by atoms with Gasteiger partial charge in [-0.05, 0) is 37.3 Å². The molecule has 0 spiro atoms. The minimum Gasteiger partial charge on any atom is -0.336 e. The monoisotopic (exact) mass is 318 g/mol. The smallest absolute Gasteiger partial charge is 0.263 e. The van der Waals surface area contributed by atoms with Gasteiger partial charge in [-0.3, -0.25) is 4.79 Å². The lowest BCUT2D eigenvalue weighted by Gasteiger charge is -2.32. The van der Waals surface area contributed by atoms with E-state index in [4.69, 9.17) is 0 Å². The van der Waals surface area contributed by atoms with Crippen LogP contribution in [0, 0.1) is 5.92 Å². The number of carbonyl (C=O) groups is 1. The minimum absolute atomic E-state index is 0.157. The molecule has 1 amide bonds. The molecule has 0 N–H and O–H groups in total. The highest BCUT2D eigenvalue weighted by Crippen LogP contribution is 2.25. The lowest BCUT2D eigenvalue weighted by atomic mass is 10.1. The molecule has 0 aliphatic carbocycles. The SMILES string of the molecule is CC(C)Cc1ccc(C(=O)N2CCCC(n3cncn3)C2)s1. The molecule has 22 heavy (non-hydrogen) atoms. The molecular weight excluding hydrogens is 296 g/mol. The number of rotatable bonds is 4. The zero-order valence-electron chi connectivity index (χ0n) is 13.1. The van der Waals surface area contributed by atoms with Gasteiger partial charge in [-0.15, -0.1) is 11.3 Å². The maximum Gasteiger partial charge on any atom is 0.263 e. The Morgan fingerprint density at radius 3 is 3.05 bits per heavy atom. The number of amides is 1. The molecule has 0 saturated carbocycles. The second kappa shape index (κ2) is 6.60. The van der Waals surface area contributed by atoms with E-state index in [1.807, 2.05) is 15.6 Å². The van der Waals surface area contributed by atoms with E-state index in [1.165, 1.54) is 4.88 Å². The van der Waals surface area contributed by atoms with Crippen LogP contribution in [0.25, 0.3) is 0 Å². The van der Waals surface area contributed by atoms with Gasteiger partial charge in [0, 0.05) is 18.0 Å². The van der Waals surface area contributed by atoms with Crippen molar-refractivity contribution in [3.05, 3.63) is 34.5 Å². The molecule has 0 bridgehead atoms. The number of carbonyl (C=O) groups excluding carboxylic acids is 1. The number of piperidine rings is 1. The van der Waals surface area contributed by atoms with Gasteiger partial charge >= 0.3 is 0 Å². The van der Waals surface area contributed by atoms with Crippen molar-refractivity contribution in [1.29, 1.82) is 0 Å². The largest absolute Gasteiger partial charge is 0.336 e. The molecule has 1 saturated heterocycles. The van der Waals surface area contributed by atoms with E-state index < -0.39 is 0 Å². The average Bonchev–Trinajstić information content (AvgIpc) is 3.17. The Morgan fingerprint density at radius 2 is 2.32 bits per heavy atom. The van der Waals surface area contributed by atoms with E-state index in [9.17, 15) is 4.79 Å². The average molecular weight is 318 g/mol. The van der Waals surface area contributed by atoms with E-state index in [0.29, 0.717) is 5.92 Å². The summed E-state index contributed by atoms with van der Waals surface area (Å²) < 4.78 is 1.87. The van der Waals surface area contributed by atoms with E-state index in [2.05, 4.69) is 30.0 Å². The fourth-order valence-corrected chi connectivity index (χ4v) is 4.11. The van der Waals surface area contributed by atoms with Crippen molar-refractivity contribution in [3.63, 3.8) is 0 Å². The molecule has 1 aliphatic rings. The fraction of sp³-hybridized carbons (Fsp3) is 0.562. The summed E-state index contributed by atoms with van der Waals surface area (Å²) in [6.45, 7) is 5.96. The number of aromatic nitrogens is 3. The Morgan fingerprint density at radius 1 is 1.45 bits per heavy atom. The first kappa shape index (κ1) is 15.2. The van der Waals surface area contributed by atoms with Gasteiger partial charge < -0.3 is 4.90 Å². The van der Waals surface area contributed by atoms with Crippen LogP contribution >= 0.6 is 11.3 Å². The Bertz CT molecular complexity index is 620. The highest BCUT2D eigenvalue weighted by Gasteiger charge is 2.26. The van der Waals surface area contributed by atoms with Crippen LogP contribution in [0.15, 0.2) is 24.8 Å². The summed E-state index contributed by atoms with van der Waals surface area (Å²) in [5, 5.41) is 4.21. The molecule has 2 aromatic rings. The van der Waals surface area contributed by atoms with Gasteiger partial charge in [-0.2, -0.15) is 5.10 Å². The van der Waals surface area contributed by atoms with Crippen molar-refractivity contribution in [2.75, 3.05) is 13.1 Å². The first-order chi connectivity index (χ1) is 10.6. The molecule has 6 heteroatoms.